The molecule has 136 valence electrons. The van der Waals surface area contributed by atoms with E-state index in [1.807, 2.05) is 42.5 Å². The Balaban J connectivity index is 1.61. The maximum Gasteiger partial charge on any atom is 0.339 e. The number of hydrogen-bond donors (Lipinski definition) is 1. The highest BCUT2D eigenvalue weighted by Gasteiger charge is 2.09. The van der Waals surface area contributed by atoms with Gasteiger partial charge in [-0.25, -0.2) is 4.79 Å². The molecular formula is C20H17N3O4. The Morgan fingerprint density at radius 3 is 2.44 bits per heavy atom. The zero-order valence-electron chi connectivity index (χ0n) is 14.4. The third-order valence-electron chi connectivity index (χ3n) is 4.01. The number of oxime groups is 1. The second-order valence-electron chi connectivity index (χ2n) is 5.96. The van der Waals surface area contributed by atoms with Gasteiger partial charge in [0.1, 0.15) is 5.84 Å². The zero-order chi connectivity index (χ0) is 19.2. The Morgan fingerprint density at radius 2 is 1.70 bits per heavy atom. The topological polar surface area (TPSA) is 108 Å². The first-order chi connectivity index (χ1) is 13.0. The Hall–Kier alpha value is -3.74. The van der Waals surface area contributed by atoms with Crippen LogP contribution in [-0.2, 0) is 22.5 Å². The molecule has 3 aromatic carbocycles. The monoisotopic (exact) mass is 363 g/mol. The van der Waals surface area contributed by atoms with Gasteiger partial charge in [-0.15, -0.1) is 0 Å². The number of carbonyl (C=O) groups excluding carboxylic acids is 1. The van der Waals surface area contributed by atoms with Crippen molar-refractivity contribution in [3.8, 4) is 0 Å². The van der Waals surface area contributed by atoms with Crippen molar-refractivity contribution in [2.75, 3.05) is 0 Å². The molecule has 27 heavy (non-hydrogen) atoms. The highest BCUT2D eigenvalue weighted by Crippen LogP contribution is 2.19. The van der Waals surface area contributed by atoms with Crippen LogP contribution in [0.4, 0.5) is 5.69 Å². The number of nitro groups is 1. The lowest BCUT2D eigenvalue weighted by molar-refractivity contribution is -0.384. The smallest absolute Gasteiger partial charge is 0.339 e. The van der Waals surface area contributed by atoms with Gasteiger partial charge in [0.25, 0.3) is 5.69 Å². The van der Waals surface area contributed by atoms with Gasteiger partial charge in [0, 0.05) is 18.6 Å². The number of fused-ring (bicyclic) bond motifs is 1. The first-order valence-corrected chi connectivity index (χ1v) is 8.25. The first kappa shape index (κ1) is 18.1. The minimum absolute atomic E-state index is 0.00391. The van der Waals surface area contributed by atoms with Crippen molar-refractivity contribution in [3.63, 3.8) is 0 Å². The largest absolute Gasteiger partial charge is 0.384 e. The van der Waals surface area contributed by atoms with E-state index in [-0.39, 0.29) is 24.4 Å². The van der Waals surface area contributed by atoms with E-state index in [1.165, 1.54) is 12.1 Å². The molecule has 0 saturated heterocycles. The van der Waals surface area contributed by atoms with Crippen LogP contribution in [0.5, 0.6) is 0 Å². The van der Waals surface area contributed by atoms with E-state index in [2.05, 4.69) is 5.16 Å². The molecule has 0 unspecified atom stereocenters. The fraction of sp³-hybridized carbons (Fsp3) is 0.100. The predicted octanol–water partition coefficient (Wildman–Crippen LogP) is 3.35. The van der Waals surface area contributed by atoms with E-state index in [4.69, 9.17) is 10.6 Å². The highest BCUT2D eigenvalue weighted by molar-refractivity contribution is 5.89. The molecule has 2 N–H and O–H groups in total. The molecular weight excluding hydrogens is 346 g/mol. The predicted molar refractivity (Wildman–Crippen MR) is 102 cm³/mol. The normalized spacial score (nSPS) is 11.3. The summed E-state index contributed by atoms with van der Waals surface area (Å²) in [5, 5.41) is 16.3. The standard InChI is InChI=1S/C20H17N3O4/c21-19(12-14-8-10-17(11-9-14)23(25)26)22-27-20(24)13-16-6-3-5-15-4-1-2-7-18(15)16/h1-11H,12-13H2,(H2,21,22). The molecule has 3 aromatic rings. The Labute approximate surface area is 155 Å². The molecule has 0 aliphatic heterocycles. The highest BCUT2D eigenvalue weighted by atomic mass is 16.7. The van der Waals surface area contributed by atoms with Gasteiger partial charge in [-0.2, -0.15) is 0 Å². The molecule has 0 heterocycles. The first-order valence-electron chi connectivity index (χ1n) is 8.25. The van der Waals surface area contributed by atoms with Crippen LogP contribution in [0, 0.1) is 10.1 Å². The van der Waals surface area contributed by atoms with Gasteiger partial charge in [0.2, 0.25) is 0 Å². The van der Waals surface area contributed by atoms with Crippen molar-refractivity contribution in [2.45, 2.75) is 12.8 Å². The van der Waals surface area contributed by atoms with Crippen LogP contribution in [0.3, 0.4) is 0 Å². The molecule has 0 saturated carbocycles. The molecule has 0 spiro atoms. The third kappa shape index (κ3) is 4.66. The molecule has 0 radical (unpaired) electrons. The second-order valence-corrected chi connectivity index (χ2v) is 5.96. The molecule has 0 aliphatic carbocycles. The summed E-state index contributed by atoms with van der Waals surface area (Å²) < 4.78 is 0. The average molecular weight is 363 g/mol. The van der Waals surface area contributed by atoms with Crippen LogP contribution >= 0.6 is 0 Å². The summed E-state index contributed by atoms with van der Waals surface area (Å²) in [4.78, 5) is 27.1. The van der Waals surface area contributed by atoms with E-state index in [0.29, 0.717) is 0 Å². The summed E-state index contributed by atoms with van der Waals surface area (Å²) in [7, 11) is 0. The van der Waals surface area contributed by atoms with Crippen molar-refractivity contribution in [2.24, 2.45) is 10.9 Å². The lowest BCUT2D eigenvalue weighted by Crippen LogP contribution is -2.17. The summed E-state index contributed by atoms with van der Waals surface area (Å²) in [6.45, 7) is 0. The number of benzene rings is 3. The molecule has 0 atom stereocenters. The minimum Gasteiger partial charge on any atom is -0.384 e. The summed E-state index contributed by atoms with van der Waals surface area (Å²) in [5.41, 5.74) is 7.35. The number of non-ortho nitro benzene ring substituents is 1. The van der Waals surface area contributed by atoms with E-state index >= 15 is 0 Å². The molecule has 0 aliphatic rings. The SMILES string of the molecule is N/C(Cc1ccc([N+](=O)[O-])cc1)=N\OC(=O)Cc1cccc2ccccc12. The number of nitrogens with zero attached hydrogens (tertiary/aromatic N) is 2. The third-order valence-corrected chi connectivity index (χ3v) is 4.01. The maximum atomic E-state index is 12.1. The van der Waals surface area contributed by atoms with Crippen LogP contribution in [-0.4, -0.2) is 16.7 Å². The van der Waals surface area contributed by atoms with Crippen LogP contribution in [0.2, 0.25) is 0 Å². The summed E-state index contributed by atoms with van der Waals surface area (Å²) in [6, 6.07) is 19.4. The van der Waals surface area contributed by atoms with Crippen LogP contribution < -0.4 is 5.73 Å². The lowest BCUT2D eigenvalue weighted by Gasteiger charge is -2.05. The van der Waals surface area contributed by atoms with Crippen LogP contribution in [0.15, 0.2) is 71.9 Å². The Morgan fingerprint density at radius 1 is 1.00 bits per heavy atom. The summed E-state index contributed by atoms with van der Waals surface area (Å²) >= 11 is 0. The van der Waals surface area contributed by atoms with Crippen molar-refractivity contribution >= 4 is 28.3 Å². The Kier molecular flexibility index (Phi) is 5.41. The van der Waals surface area contributed by atoms with Crippen molar-refractivity contribution in [1.82, 2.24) is 0 Å². The Bertz CT molecular complexity index is 1010. The van der Waals surface area contributed by atoms with Crippen molar-refractivity contribution in [3.05, 3.63) is 88.0 Å². The van der Waals surface area contributed by atoms with Crippen LogP contribution in [0.25, 0.3) is 10.8 Å². The fourth-order valence-electron chi connectivity index (χ4n) is 2.72. The van der Waals surface area contributed by atoms with Gasteiger partial charge in [-0.05, 0) is 21.9 Å². The van der Waals surface area contributed by atoms with Gasteiger partial charge in [0.05, 0.1) is 11.3 Å². The molecule has 0 fully saturated rings. The number of hydrogen-bond acceptors (Lipinski definition) is 5. The second kappa shape index (κ2) is 8.09. The van der Waals surface area contributed by atoms with E-state index in [9.17, 15) is 14.9 Å². The zero-order valence-corrected chi connectivity index (χ0v) is 14.4. The van der Waals surface area contributed by atoms with Crippen LogP contribution in [0.1, 0.15) is 11.1 Å². The number of nitro benzene ring substituents is 1. The number of amidine groups is 1. The van der Waals surface area contributed by atoms with Gasteiger partial charge in [-0.3, -0.25) is 10.1 Å². The van der Waals surface area contributed by atoms with Gasteiger partial charge >= 0.3 is 5.97 Å². The molecule has 0 aromatic heterocycles. The van der Waals surface area contributed by atoms with Gasteiger partial charge < -0.3 is 10.6 Å². The number of nitrogens with two attached hydrogens (primary N) is 1. The molecule has 7 nitrogen and oxygen atoms in total. The van der Waals surface area contributed by atoms with Gasteiger partial charge in [0.15, 0.2) is 0 Å². The average Bonchev–Trinajstić information content (AvgIpc) is 2.67. The van der Waals surface area contributed by atoms with E-state index < -0.39 is 10.9 Å². The molecule has 0 amide bonds. The summed E-state index contributed by atoms with van der Waals surface area (Å²) in [5.74, 6) is -0.409. The number of carbonyl (C=O) groups is 1. The minimum atomic E-state index is -0.516. The lowest BCUT2D eigenvalue weighted by atomic mass is 10.0. The van der Waals surface area contributed by atoms with E-state index in [1.54, 1.807) is 12.1 Å². The molecule has 7 heteroatoms. The summed E-state index contributed by atoms with van der Waals surface area (Å²) in [6.07, 6.45) is 0.301. The molecule has 3 rings (SSSR count). The van der Waals surface area contributed by atoms with Crippen molar-refractivity contribution in [1.29, 1.82) is 0 Å². The number of rotatable bonds is 6. The molecule has 0 bridgehead atoms. The fourth-order valence-corrected chi connectivity index (χ4v) is 2.72. The quantitative estimate of drug-likeness (QED) is 0.237. The van der Waals surface area contributed by atoms with Gasteiger partial charge in [-0.1, -0.05) is 59.8 Å². The maximum absolute atomic E-state index is 12.1. The van der Waals surface area contributed by atoms with E-state index in [0.717, 1.165) is 21.9 Å². The van der Waals surface area contributed by atoms with Crippen molar-refractivity contribution < 1.29 is 14.6 Å².